The molecule has 0 radical (unpaired) electrons. The van der Waals surface area contributed by atoms with E-state index in [0.717, 1.165) is 39.9 Å². The van der Waals surface area contributed by atoms with E-state index in [1.54, 1.807) is 11.8 Å². The largest absolute Gasteiger partial charge is 0.354 e. The van der Waals surface area contributed by atoms with Gasteiger partial charge in [-0.3, -0.25) is 0 Å². The van der Waals surface area contributed by atoms with Crippen molar-refractivity contribution in [2.24, 2.45) is 0 Å². The van der Waals surface area contributed by atoms with Gasteiger partial charge in [-0.15, -0.1) is 11.8 Å². The highest BCUT2D eigenvalue weighted by atomic mass is 35.5. The highest BCUT2D eigenvalue weighted by Crippen LogP contribution is 2.27. The van der Waals surface area contributed by atoms with Crippen LogP contribution in [0.25, 0.3) is 0 Å². The van der Waals surface area contributed by atoms with Gasteiger partial charge in [-0.25, -0.2) is 9.97 Å². The number of aryl methyl sites for hydroxylation is 1. The van der Waals surface area contributed by atoms with Crippen molar-refractivity contribution in [1.82, 2.24) is 9.97 Å². The van der Waals surface area contributed by atoms with Crippen LogP contribution in [0.15, 0.2) is 35.5 Å². The molecule has 0 aliphatic heterocycles. The van der Waals surface area contributed by atoms with Crippen LogP contribution in [0.1, 0.15) is 24.5 Å². The van der Waals surface area contributed by atoms with Crippen LogP contribution in [0.3, 0.4) is 0 Å². The summed E-state index contributed by atoms with van der Waals surface area (Å²) in [6.45, 7) is 5.03. The van der Waals surface area contributed by atoms with Crippen molar-refractivity contribution in [2.75, 3.05) is 11.9 Å². The summed E-state index contributed by atoms with van der Waals surface area (Å²) >= 11 is 7.86. The smallest absolute Gasteiger partial charge is 0.223 e. The summed E-state index contributed by atoms with van der Waals surface area (Å²) < 4.78 is 0. The molecular formula is C15H18ClN3S. The van der Waals surface area contributed by atoms with Crippen LogP contribution in [-0.4, -0.2) is 16.5 Å². The van der Waals surface area contributed by atoms with Gasteiger partial charge in [0.1, 0.15) is 5.03 Å². The molecule has 1 aromatic carbocycles. The van der Waals surface area contributed by atoms with Gasteiger partial charge in [0.2, 0.25) is 5.95 Å². The number of rotatable bonds is 6. The molecule has 0 spiro atoms. The van der Waals surface area contributed by atoms with E-state index >= 15 is 0 Å². The van der Waals surface area contributed by atoms with Gasteiger partial charge >= 0.3 is 0 Å². The molecule has 0 saturated carbocycles. The second-order valence-corrected chi connectivity index (χ2v) is 5.86. The number of benzene rings is 1. The fraction of sp³-hybridized carbons (Fsp3) is 0.333. The molecule has 0 aliphatic rings. The Bertz CT molecular complexity index is 575. The Balaban J connectivity index is 2.07. The maximum absolute atomic E-state index is 6.17. The SMILES string of the molecule is CCCNc1ncc(C)c(SCc2ccccc2Cl)n1. The Kier molecular flexibility index (Phi) is 5.68. The van der Waals surface area contributed by atoms with Crippen LogP contribution < -0.4 is 5.32 Å². The lowest BCUT2D eigenvalue weighted by Crippen LogP contribution is -2.05. The zero-order chi connectivity index (χ0) is 14.4. The molecule has 3 nitrogen and oxygen atoms in total. The number of nitrogens with zero attached hydrogens (tertiary/aromatic N) is 2. The summed E-state index contributed by atoms with van der Waals surface area (Å²) in [6, 6.07) is 7.91. The van der Waals surface area contributed by atoms with Crippen LogP contribution in [0.4, 0.5) is 5.95 Å². The highest BCUT2D eigenvalue weighted by molar-refractivity contribution is 7.98. The van der Waals surface area contributed by atoms with E-state index in [9.17, 15) is 0 Å². The van der Waals surface area contributed by atoms with E-state index < -0.39 is 0 Å². The van der Waals surface area contributed by atoms with Gasteiger partial charge in [-0.2, -0.15) is 0 Å². The van der Waals surface area contributed by atoms with E-state index in [4.69, 9.17) is 11.6 Å². The third-order valence-corrected chi connectivity index (χ3v) is 4.29. The second kappa shape index (κ2) is 7.50. The molecule has 1 N–H and O–H groups in total. The normalized spacial score (nSPS) is 10.6. The predicted molar refractivity (Wildman–Crippen MR) is 86.6 cm³/mol. The number of thioether (sulfide) groups is 1. The van der Waals surface area contributed by atoms with Gasteiger partial charge in [0, 0.05) is 23.5 Å². The lowest BCUT2D eigenvalue weighted by molar-refractivity contribution is 0.925. The molecule has 5 heteroatoms. The number of nitrogens with one attached hydrogen (secondary N) is 1. The topological polar surface area (TPSA) is 37.8 Å². The summed E-state index contributed by atoms with van der Waals surface area (Å²) in [5.74, 6) is 1.50. The third kappa shape index (κ3) is 4.12. The minimum Gasteiger partial charge on any atom is -0.354 e. The molecule has 0 atom stereocenters. The van der Waals surface area contributed by atoms with Crippen molar-refractivity contribution < 1.29 is 0 Å². The Morgan fingerprint density at radius 3 is 2.85 bits per heavy atom. The summed E-state index contributed by atoms with van der Waals surface area (Å²) in [4.78, 5) is 8.84. The first kappa shape index (κ1) is 15.1. The Morgan fingerprint density at radius 1 is 1.30 bits per heavy atom. The molecule has 2 rings (SSSR count). The van der Waals surface area contributed by atoms with Gasteiger partial charge in [0.05, 0.1) is 0 Å². The van der Waals surface area contributed by atoms with Crippen molar-refractivity contribution >= 4 is 29.3 Å². The monoisotopic (exact) mass is 307 g/mol. The molecule has 20 heavy (non-hydrogen) atoms. The number of aromatic nitrogens is 2. The van der Waals surface area contributed by atoms with Crippen LogP contribution in [0, 0.1) is 6.92 Å². The van der Waals surface area contributed by atoms with E-state index in [1.165, 1.54) is 0 Å². The van der Waals surface area contributed by atoms with E-state index in [1.807, 2.05) is 37.4 Å². The first-order valence-electron chi connectivity index (χ1n) is 6.64. The van der Waals surface area contributed by atoms with Crippen molar-refractivity contribution in [3.8, 4) is 0 Å². The van der Waals surface area contributed by atoms with E-state index in [0.29, 0.717) is 5.95 Å². The van der Waals surface area contributed by atoms with Crippen molar-refractivity contribution in [1.29, 1.82) is 0 Å². The predicted octanol–water partition coefficient (Wildman–Crippen LogP) is 4.55. The lowest BCUT2D eigenvalue weighted by Gasteiger charge is -2.08. The maximum atomic E-state index is 6.17. The average Bonchev–Trinajstić information content (AvgIpc) is 2.46. The fourth-order valence-electron chi connectivity index (χ4n) is 1.66. The van der Waals surface area contributed by atoms with Gasteiger partial charge < -0.3 is 5.32 Å². The summed E-state index contributed by atoms with van der Waals surface area (Å²) in [5, 5.41) is 5.01. The van der Waals surface area contributed by atoms with Gasteiger partial charge in [0.25, 0.3) is 0 Å². The van der Waals surface area contributed by atoms with Crippen LogP contribution in [0.2, 0.25) is 5.02 Å². The highest BCUT2D eigenvalue weighted by Gasteiger charge is 2.06. The first-order chi connectivity index (χ1) is 9.70. The zero-order valence-corrected chi connectivity index (χ0v) is 13.3. The third-order valence-electron chi connectivity index (χ3n) is 2.78. The molecule has 0 aliphatic carbocycles. The van der Waals surface area contributed by atoms with Crippen molar-refractivity contribution in [3.63, 3.8) is 0 Å². The standard InChI is InChI=1S/C15H18ClN3S/c1-3-8-17-15-18-9-11(2)14(19-15)20-10-12-6-4-5-7-13(12)16/h4-7,9H,3,8,10H2,1-2H3,(H,17,18,19). The minimum absolute atomic E-state index is 0.694. The molecule has 106 valence electrons. The molecule has 0 unspecified atom stereocenters. The zero-order valence-electron chi connectivity index (χ0n) is 11.7. The number of hydrogen-bond donors (Lipinski definition) is 1. The quantitative estimate of drug-likeness (QED) is 0.627. The summed E-state index contributed by atoms with van der Waals surface area (Å²) in [6.07, 6.45) is 2.92. The molecular weight excluding hydrogens is 290 g/mol. The molecule has 0 amide bonds. The number of halogens is 1. The molecule has 2 aromatic rings. The van der Waals surface area contributed by atoms with E-state index in [-0.39, 0.29) is 0 Å². The van der Waals surface area contributed by atoms with Crippen molar-refractivity contribution in [3.05, 3.63) is 46.6 Å². The lowest BCUT2D eigenvalue weighted by atomic mass is 10.2. The molecule has 1 heterocycles. The number of hydrogen-bond acceptors (Lipinski definition) is 4. The second-order valence-electron chi connectivity index (χ2n) is 4.49. The van der Waals surface area contributed by atoms with Crippen LogP contribution in [-0.2, 0) is 5.75 Å². The van der Waals surface area contributed by atoms with E-state index in [2.05, 4.69) is 22.2 Å². The maximum Gasteiger partial charge on any atom is 0.223 e. The Hall–Kier alpha value is -1.26. The molecule has 0 bridgehead atoms. The Morgan fingerprint density at radius 2 is 2.10 bits per heavy atom. The Labute approximate surface area is 129 Å². The summed E-state index contributed by atoms with van der Waals surface area (Å²) in [5.41, 5.74) is 2.21. The number of anilines is 1. The molecule has 0 fully saturated rings. The van der Waals surface area contributed by atoms with Crippen molar-refractivity contribution in [2.45, 2.75) is 31.0 Å². The summed E-state index contributed by atoms with van der Waals surface area (Å²) in [7, 11) is 0. The van der Waals surface area contributed by atoms with Gasteiger partial charge in [-0.1, -0.05) is 36.7 Å². The fourth-order valence-corrected chi connectivity index (χ4v) is 2.91. The van der Waals surface area contributed by atoms with Gasteiger partial charge in [-0.05, 0) is 30.5 Å². The average molecular weight is 308 g/mol. The van der Waals surface area contributed by atoms with Gasteiger partial charge in [0.15, 0.2) is 0 Å². The molecule has 0 saturated heterocycles. The first-order valence-corrected chi connectivity index (χ1v) is 8.00. The van der Waals surface area contributed by atoms with Crippen LogP contribution in [0.5, 0.6) is 0 Å². The van der Waals surface area contributed by atoms with Crippen LogP contribution >= 0.6 is 23.4 Å². The minimum atomic E-state index is 0.694. The molecule has 1 aromatic heterocycles.